The number of rotatable bonds is 11. The van der Waals surface area contributed by atoms with Gasteiger partial charge in [0.15, 0.2) is 28.6 Å². The summed E-state index contributed by atoms with van der Waals surface area (Å²) in [5, 5.41) is 2.15. The highest BCUT2D eigenvalue weighted by atomic mass is 16.5. The van der Waals surface area contributed by atoms with Crippen LogP contribution >= 0.6 is 0 Å². The summed E-state index contributed by atoms with van der Waals surface area (Å²) >= 11 is 0. The molecule has 7 aliphatic rings. The van der Waals surface area contributed by atoms with Crippen LogP contribution in [0.1, 0.15) is 62.4 Å². The lowest BCUT2D eigenvalue weighted by molar-refractivity contribution is 0.472. The number of ether oxygens (including phenoxy) is 2. The lowest BCUT2D eigenvalue weighted by atomic mass is 9.64. The maximum Gasteiger partial charge on any atom is 0.159 e. The van der Waals surface area contributed by atoms with Gasteiger partial charge in [-0.3, -0.25) is 0 Å². The van der Waals surface area contributed by atoms with Gasteiger partial charge in [0.1, 0.15) is 5.58 Å². The molecule has 7 heteroatoms. The predicted octanol–water partition coefficient (Wildman–Crippen LogP) is 31.0. The second-order valence-corrected chi connectivity index (χ2v) is 33.2. The van der Waals surface area contributed by atoms with Crippen molar-refractivity contribution in [2.75, 3.05) is 19.6 Å². The number of hydrogen-bond acceptors (Lipinski definition) is 7. The Kier molecular flexibility index (Phi) is 15.0. The summed E-state index contributed by atoms with van der Waals surface area (Å²) in [4.78, 5) is 9.63. The summed E-state index contributed by atoms with van der Waals surface area (Å²) in [6, 6.07) is 151. The Hall–Kier alpha value is -16.0. The van der Waals surface area contributed by atoms with Crippen LogP contribution in [-0.2, 0) is 10.8 Å². The summed E-state index contributed by atoms with van der Waals surface area (Å²) in [6.45, 7) is 0. The van der Waals surface area contributed by atoms with Gasteiger partial charge in [-0.1, -0.05) is 309 Å². The summed E-state index contributed by atoms with van der Waals surface area (Å²) in [7, 11) is 0. The van der Waals surface area contributed by atoms with Crippen LogP contribution in [0.4, 0.5) is 62.6 Å². The fraction of sp³-hybridized carbons (Fsp3) is 0.0345. The van der Waals surface area contributed by atoms with Gasteiger partial charge in [-0.05, 0) is 245 Å². The van der Waals surface area contributed by atoms with Crippen LogP contribution < -0.4 is 29.1 Å². The monoisotopic (exact) mass is 1570 g/mol. The molecule has 1 aromatic heterocycles. The number of furan rings is 1. The van der Waals surface area contributed by atoms with Crippen LogP contribution in [-0.4, -0.2) is 0 Å². The second kappa shape index (κ2) is 26.8. The van der Waals surface area contributed by atoms with Crippen LogP contribution in [0.5, 0.6) is 23.0 Å². The van der Waals surface area contributed by atoms with Gasteiger partial charge in [-0.2, -0.15) is 0 Å². The first-order valence-corrected chi connectivity index (χ1v) is 42.5. The van der Waals surface area contributed by atoms with E-state index in [1.54, 1.807) is 0 Å². The topological polar surface area (TPSA) is 44.6 Å². The van der Waals surface area contributed by atoms with Crippen molar-refractivity contribution in [2.45, 2.75) is 23.2 Å². The van der Waals surface area contributed by atoms with Crippen LogP contribution in [0, 0.1) is 0 Å². The Morgan fingerprint density at radius 1 is 0.276 bits per heavy atom. The molecule has 2 spiro atoms. The lowest BCUT2D eigenvalue weighted by Crippen LogP contribution is -2.37. The molecule has 0 saturated heterocycles. The van der Waals surface area contributed by atoms with Gasteiger partial charge in [-0.15, -0.1) is 0 Å². The van der Waals surface area contributed by atoms with E-state index in [9.17, 15) is 0 Å². The zero-order chi connectivity index (χ0) is 80.6. The Balaban J connectivity index is 0.496. The van der Waals surface area contributed by atoms with Crippen LogP contribution in [0.3, 0.4) is 0 Å². The number of hydrogen-bond donors (Lipinski definition) is 0. The van der Waals surface area contributed by atoms with Crippen molar-refractivity contribution in [3.05, 3.63) is 487 Å². The van der Waals surface area contributed by atoms with Crippen molar-refractivity contribution in [3.63, 3.8) is 0 Å². The molecule has 7 nitrogen and oxygen atoms in total. The van der Waals surface area contributed by atoms with E-state index in [4.69, 9.17) is 13.9 Å². The first kappa shape index (κ1) is 69.0. The predicted molar refractivity (Wildman–Crippen MR) is 501 cm³/mol. The molecular weight excluding hydrogens is 1500 g/mol. The molecule has 0 fully saturated rings. The van der Waals surface area contributed by atoms with Gasteiger partial charge >= 0.3 is 0 Å². The lowest BCUT2D eigenvalue weighted by Gasteiger charge is -2.47. The Morgan fingerprint density at radius 2 is 0.667 bits per heavy atom. The molecule has 0 radical (unpaired) electrons. The van der Waals surface area contributed by atoms with Gasteiger partial charge < -0.3 is 33.5 Å². The highest BCUT2D eigenvalue weighted by Gasteiger charge is 2.55. The Bertz CT molecular complexity index is 7600. The molecule has 26 rings (SSSR count). The molecule has 4 aliphatic heterocycles. The number of benzene rings is 18. The molecule has 0 amide bonds. The first-order valence-electron chi connectivity index (χ1n) is 42.5. The SMILES string of the molecule is C1=CC(c2ccc3c(c2)Oc2cccc4c2N3c2ccccc2C42c3ccccc3-c3ccccc32)CC=C1N(c1ccc(-c2ccccc2)cc1)c1ccc(-c2cccc(-c3ccc(N(c4ccc(-c5ccc6c(c5)Oc5cccc7c5N6c5ccccc5C75c6ccccc6-c6ccccc65)cc4)c4cccc5c4oc4ccccc45)cc3)c2)cc1. The molecule has 576 valence electrons. The van der Waals surface area contributed by atoms with E-state index in [2.05, 4.69) is 444 Å². The van der Waals surface area contributed by atoms with Gasteiger partial charge in [0.2, 0.25) is 0 Å². The summed E-state index contributed by atoms with van der Waals surface area (Å²) < 4.78 is 21.1. The van der Waals surface area contributed by atoms with Crippen LogP contribution in [0.15, 0.2) is 441 Å². The fourth-order valence-electron chi connectivity index (χ4n) is 21.7. The molecule has 0 bridgehead atoms. The first-order chi connectivity index (χ1) is 61.0. The van der Waals surface area contributed by atoms with Gasteiger partial charge in [-0.25, -0.2) is 0 Å². The average molecular weight is 1570 g/mol. The number of anilines is 11. The quantitative estimate of drug-likeness (QED) is 0.128. The maximum atomic E-state index is 7.15. The van der Waals surface area contributed by atoms with Crippen molar-refractivity contribution in [1.82, 2.24) is 0 Å². The third-order valence-corrected chi connectivity index (χ3v) is 27.0. The minimum Gasteiger partial charge on any atom is -0.454 e. The minimum atomic E-state index is -0.522. The van der Waals surface area contributed by atoms with E-state index in [0.717, 1.165) is 147 Å². The highest BCUT2D eigenvalue weighted by molar-refractivity contribution is 6.11. The van der Waals surface area contributed by atoms with E-state index in [1.165, 1.54) is 89.1 Å². The number of nitrogens with zero attached hydrogens (tertiary/aromatic N) is 4. The molecule has 1 unspecified atom stereocenters. The molecule has 123 heavy (non-hydrogen) atoms. The summed E-state index contributed by atoms with van der Waals surface area (Å²) in [5.74, 6) is 3.48. The maximum absolute atomic E-state index is 7.15. The number of para-hydroxylation sites is 6. The molecule has 18 aromatic carbocycles. The zero-order valence-corrected chi connectivity index (χ0v) is 66.8. The standard InChI is InChI=1S/C116H74N4O3/c1-2-22-73(23-3-1)74-46-58-83(59-47-74)117(85-62-50-77(51-63-85)81-56-68-104-110(71-81)121-108-44-20-38-100-112(108)119(104)102-40-15-13-36-98(102)115(100)94-32-9-4-26-88(94)89-27-5-10-33-95(89)115)84-60-48-75(49-61-84)79-24-18-25-80(70-79)76-52-64-86(65-53-76)118(106-42-19-31-93-92-30-8-17-43-107(92)123-114(93)106)87-66-54-78(55-67-87)82-57-69-105-111(72-82)122-109-45-21-39-101-113(109)120(105)103-41-16-14-37-99(103)116(101)96-34-11-6-28-90(96)91-29-7-12-35-97(91)116/h1-50,52-72,77H,51H2. The van der Waals surface area contributed by atoms with Gasteiger partial charge in [0, 0.05) is 45.1 Å². The van der Waals surface area contributed by atoms with Gasteiger partial charge in [0.25, 0.3) is 0 Å². The number of allylic oxidation sites excluding steroid dienone is 3. The Labute approximate surface area is 712 Å². The molecule has 3 aliphatic carbocycles. The van der Waals surface area contributed by atoms with Crippen molar-refractivity contribution < 1.29 is 13.9 Å². The third-order valence-electron chi connectivity index (χ3n) is 27.0. The average Bonchev–Trinajstić information content (AvgIpc) is 1.56. The molecule has 1 atom stereocenters. The second-order valence-electron chi connectivity index (χ2n) is 33.2. The zero-order valence-electron chi connectivity index (χ0n) is 66.8. The van der Waals surface area contributed by atoms with Crippen molar-refractivity contribution >= 4 is 84.5 Å². The summed E-state index contributed by atoms with van der Waals surface area (Å²) in [6.07, 6.45) is 7.90. The van der Waals surface area contributed by atoms with Crippen molar-refractivity contribution in [3.8, 4) is 89.8 Å². The third kappa shape index (κ3) is 10.1. The largest absolute Gasteiger partial charge is 0.454 e. The minimum absolute atomic E-state index is 0.122. The summed E-state index contributed by atoms with van der Waals surface area (Å²) in [5.41, 5.74) is 38.9. The number of fused-ring (bicyclic) bond motifs is 25. The van der Waals surface area contributed by atoms with E-state index < -0.39 is 10.8 Å². The van der Waals surface area contributed by atoms with Gasteiger partial charge in [0.05, 0.1) is 50.6 Å². The molecule has 0 N–H and O–H groups in total. The van der Waals surface area contributed by atoms with Crippen molar-refractivity contribution in [2.24, 2.45) is 0 Å². The molecule has 0 saturated carbocycles. The van der Waals surface area contributed by atoms with E-state index >= 15 is 0 Å². The molecule has 19 aromatic rings. The van der Waals surface area contributed by atoms with Crippen LogP contribution in [0.25, 0.3) is 88.7 Å². The Morgan fingerprint density at radius 3 is 1.19 bits per heavy atom. The van der Waals surface area contributed by atoms with E-state index in [1.807, 2.05) is 6.07 Å². The highest BCUT2D eigenvalue weighted by Crippen LogP contribution is 2.70. The van der Waals surface area contributed by atoms with E-state index in [0.29, 0.717) is 0 Å². The molecule has 5 heterocycles. The van der Waals surface area contributed by atoms with E-state index in [-0.39, 0.29) is 5.92 Å². The fourth-order valence-corrected chi connectivity index (χ4v) is 21.7. The van der Waals surface area contributed by atoms with Crippen molar-refractivity contribution in [1.29, 1.82) is 0 Å². The molecular formula is C116H74N4O3. The normalized spacial score (nSPS) is 14.8. The smallest absolute Gasteiger partial charge is 0.159 e. The van der Waals surface area contributed by atoms with Crippen LogP contribution in [0.2, 0.25) is 0 Å².